The number of rotatable bonds is 0. The second-order valence-electron chi connectivity index (χ2n) is 1.59. The molecule has 0 unspecified atom stereocenters. The van der Waals surface area contributed by atoms with Crippen LogP contribution < -0.4 is 4.80 Å². The van der Waals surface area contributed by atoms with Gasteiger partial charge in [-0.15, -0.1) is 0 Å². The standard InChI is InChI=1S/C4H7N3S/c1-3-6-8-4(5)7(3)2/h5H,1-2H3. The minimum absolute atomic E-state index is 0.502. The van der Waals surface area contributed by atoms with Crippen molar-refractivity contribution in [1.29, 1.82) is 5.41 Å². The lowest BCUT2D eigenvalue weighted by Crippen LogP contribution is -2.08. The molecule has 0 spiro atoms. The molecule has 0 amide bonds. The molecule has 3 nitrogen and oxygen atoms in total. The quantitative estimate of drug-likeness (QED) is 0.536. The van der Waals surface area contributed by atoms with E-state index in [-0.39, 0.29) is 0 Å². The van der Waals surface area contributed by atoms with E-state index in [2.05, 4.69) is 4.37 Å². The second-order valence-corrected chi connectivity index (χ2v) is 2.35. The molecule has 0 saturated heterocycles. The average Bonchev–Trinajstić information content (AvgIpc) is 1.98. The van der Waals surface area contributed by atoms with E-state index >= 15 is 0 Å². The van der Waals surface area contributed by atoms with Crippen molar-refractivity contribution in [3.05, 3.63) is 10.6 Å². The molecular formula is C4H7N3S. The fraction of sp³-hybridized carbons (Fsp3) is 0.500. The van der Waals surface area contributed by atoms with Gasteiger partial charge in [0.25, 0.3) is 0 Å². The maximum Gasteiger partial charge on any atom is 0.201 e. The Morgan fingerprint density at radius 2 is 2.38 bits per heavy atom. The van der Waals surface area contributed by atoms with Gasteiger partial charge in [0.1, 0.15) is 5.82 Å². The number of hydrogen-bond donors (Lipinski definition) is 1. The Labute approximate surface area is 51.3 Å². The number of hydrogen-bond acceptors (Lipinski definition) is 3. The molecule has 0 radical (unpaired) electrons. The Bertz CT molecular complexity index is 234. The van der Waals surface area contributed by atoms with Gasteiger partial charge in [-0.05, 0) is 6.92 Å². The normalized spacial score (nSPS) is 9.75. The van der Waals surface area contributed by atoms with Gasteiger partial charge in [-0.1, -0.05) is 0 Å². The lowest BCUT2D eigenvalue weighted by Gasteiger charge is -1.86. The second kappa shape index (κ2) is 1.70. The molecule has 0 aliphatic heterocycles. The van der Waals surface area contributed by atoms with E-state index in [1.807, 2.05) is 14.0 Å². The highest BCUT2D eigenvalue weighted by molar-refractivity contribution is 7.02. The SMILES string of the molecule is Cc1nsc(=N)n1C. The molecule has 0 saturated carbocycles. The van der Waals surface area contributed by atoms with Crippen LogP contribution >= 0.6 is 11.5 Å². The lowest BCUT2D eigenvalue weighted by atomic mass is 10.7. The highest BCUT2D eigenvalue weighted by Crippen LogP contribution is 1.86. The fourth-order valence-electron chi connectivity index (χ4n) is 0.379. The van der Waals surface area contributed by atoms with Crippen LogP contribution in [0.5, 0.6) is 0 Å². The number of nitrogens with zero attached hydrogens (tertiary/aromatic N) is 2. The van der Waals surface area contributed by atoms with Crippen LogP contribution in [0, 0.1) is 12.3 Å². The van der Waals surface area contributed by atoms with Gasteiger partial charge in [0, 0.05) is 18.6 Å². The van der Waals surface area contributed by atoms with E-state index in [0.29, 0.717) is 4.80 Å². The largest absolute Gasteiger partial charge is 0.308 e. The van der Waals surface area contributed by atoms with Gasteiger partial charge in [-0.25, -0.2) is 0 Å². The molecule has 1 N–H and O–H groups in total. The lowest BCUT2D eigenvalue weighted by molar-refractivity contribution is 0.802. The first kappa shape index (κ1) is 5.50. The van der Waals surface area contributed by atoms with Crippen molar-refractivity contribution >= 4 is 11.5 Å². The minimum atomic E-state index is 0.502. The van der Waals surface area contributed by atoms with E-state index in [4.69, 9.17) is 5.41 Å². The molecule has 1 heterocycles. The molecule has 0 fully saturated rings. The summed E-state index contributed by atoms with van der Waals surface area (Å²) in [6.07, 6.45) is 0. The van der Waals surface area contributed by atoms with Crippen molar-refractivity contribution in [2.45, 2.75) is 6.92 Å². The molecule has 0 aliphatic carbocycles. The van der Waals surface area contributed by atoms with Crippen LogP contribution in [0.3, 0.4) is 0 Å². The number of aryl methyl sites for hydroxylation is 1. The fourth-order valence-corrected chi connectivity index (χ4v) is 0.974. The highest BCUT2D eigenvalue weighted by Gasteiger charge is 1.91. The molecule has 1 aromatic heterocycles. The summed E-state index contributed by atoms with van der Waals surface area (Å²) in [4.78, 5) is 0.502. The third-order valence-electron chi connectivity index (χ3n) is 1.05. The van der Waals surface area contributed by atoms with Gasteiger partial charge in [0.2, 0.25) is 4.80 Å². The molecular weight excluding hydrogens is 122 g/mol. The number of nitrogens with one attached hydrogen (secondary N) is 1. The van der Waals surface area contributed by atoms with E-state index in [0.717, 1.165) is 5.82 Å². The monoisotopic (exact) mass is 129 g/mol. The van der Waals surface area contributed by atoms with Crippen molar-refractivity contribution in [1.82, 2.24) is 8.94 Å². The molecule has 0 aromatic carbocycles. The summed E-state index contributed by atoms with van der Waals surface area (Å²) in [6.45, 7) is 1.88. The molecule has 8 heavy (non-hydrogen) atoms. The Kier molecular flexibility index (Phi) is 1.17. The molecule has 0 aliphatic rings. The van der Waals surface area contributed by atoms with Crippen molar-refractivity contribution in [3.8, 4) is 0 Å². The van der Waals surface area contributed by atoms with Crippen LogP contribution in [0.25, 0.3) is 0 Å². The molecule has 44 valence electrons. The van der Waals surface area contributed by atoms with Crippen molar-refractivity contribution < 1.29 is 0 Å². The summed E-state index contributed by atoms with van der Waals surface area (Å²) in [6, 6.07) is 0. The third kappa shape index (κ3) is 0.667. The van der Waals surface area contributed by atoms with Gasteiger partial charge >= 0.3 is 0 Å². The zero-order chi connectivity index (χ0) is 6.15. The van der Waals surface area contributed by atoms with Crippen LogP contribution in [0.2, 0.25) is 0 Å². The van der Waals surface area contributed by atoms with Gasteiger partial charge in [-0.3, -0.25) is 5.41 Å². The van der Waals surface area contributed by atoms with Gasteiger partial charge in [0.05, 0.1) is 0 Å². The first-order valence-corrected chi connectivity index (χ1v) is 3.03. The maximum absolute atomic E-state index is 7.16. The summed E-state index contributed by atoms with van der Waals surface area (Å²) in [5.41, 5.74) is 0. The Balaban J connectivity index is 3.41. The Morgan fingerprint density at radius 1 is 1.75 bits per heavy atom. The smallest absolute Gasteiger partial charge is 0.201 e. The highest BCUT2D eigenvalue weighted by atomic mass is 32.1. The predicted octanol–water partition coefficient (Wildman–Crippen LogP) is 0.269. The molecule has 1 rings (SSSR count). The van der Waals surface area contributed by atoms with Crippen LogP contribution in [0.15, 0.2) is 0 Å². The summed E-state index contributed by atoms with van der Waals surface area (Å²) in [5, 5.41) is 7.16. The van der Waals surface area contributed by atoms with Crippen LogP contribution in [-0.2, 0) is 7.05 Å². The maximum atomic E-state index is 7.16. The van der Waals surface area contributed by atoms with Crippen molar-refractivity contribution in [2.75, 3.05) is 0 Å². The first-order chi connectivity index (χ1) is 3.72. The molecule has 1 aromatic rings. The summed E-state index contributed by atoms with van der Waals surface area (Å²) >= 11 is 1.21. The summed E-state index contributed by atoms with van der Waals surface area (Å²) < 4.78 is 5.67. The van der Waals surface area contributed by atoms with Crippen LogP contribution in [0.4, 0.5) is 0 Å². The average molecular weight is 129 g/mol. The van der Waals surface area contributed by atoms with Crippen LogP contribution in [0.1, 0.15) is 5.82 Å². The zero-order valence-corrected chi connectivity index (χ0v) is 5.62. The molecule has 0 bridgehead atoms. The van der Waals surface area contributed by atoms with E-state index in [9.17, 15) is 0 Å². The van der Waals surface area contributed by atoms with Crippen molar-refractivity contribution in [2.24, 2.45) is 7.05 Å². The minimum Gasteiger partial charge on any atom is -0.308 e. The van der Waals surface area contributed by atoms with Gasteiger partial charge < -0.3 is 4.57 Å². The Hall–Kier alpha value is -0.640. The third-order valence-corrected chi connectivity index (χ3v) is 1.86. The zero-order valence-electron chi connectivity index (χ0n) is 4.80. The van der Waals surface area contributed by atoms with Crippen molar-refractivity contribution in [3.63, 3.8) is 0 Å². The van der Waals surface area contributed by atoms with Crippen LogP contribution in [-0.4, -0.2) is 8.94 Å². The summed E-state index contributed by atoms with van der Waals surface area (Å²) in [5.74, 6) is 0.903. The van der Waals surface area contributed by atoms with Gasteiger partial charge in [0.15, 0.2) is 0 Å². The summed E-state index contributed by atoms with van der Waals surface area (Å²) in [7, 11) is 1.83. The first-order valence-electron chi connectivity index (χ1n) is 2.25. The number of aromatic nitrogens is 2. The molecule has 4 heteroatoms. The van der Waals surface area contributed by atoms with Gasteiger partial charge in [-0.2, -0.15) is 4.37 Å². The topological polar surface area (TPSA) is 41.7 Å². The predicted molar refractivity (Wildman–Crippen MR) is 31.7 cm³/mol. The van der Waals surface area contributed by atoms with E-state index in [1.165, 1.54) is 11.5 Å². The molecule has 0 atom stereocenters. The van der Waals surface area contributed by atoms with E-state index < -0.39 is 0 Å². The van der Waals surface area contributed by atoms with E-state index in [1.54, 1.807) is 4.57 Å². The Morgan fingerprint density at radius 3 is 2.50 bits per heavy atom.